The van der Waals surface area contributed by atoms with Gasteiger partial charge < -0.3 is 16.8 Å². The number of hydrogen-bond donors (Lipinski definition) is 3. The van der Waals surface area contributed by atoms with Crippen molar-refractivity contribution in [2.75, 3.05) is 22.5 Å². The van der Waals surface area contributed by atoms with Gasteiger partial charge in [0.1, 0.15) is 6.54 Å². The number of nitrogen functional groups attached to an aromatic ring is 1. The largest absolute Gasteiger partial charge is 0.398 e. The van der Waals surface area contributed by atoms with Crippen LogP contribution in [-0.2, 0) is 11.3 Å². The number of para-hydroxylation sites is 1. The Hall–Kier alpha value is -3.64. The van der Waals surface area contributed by atoms with E-state index in [9.17, 15) is 9.59 Å². The molecular weight excluding hydrogens is 352 g/mol. The second-order valence-electron chi connectivity index (χ2n) is 6.26. The predicted octanol–water partition coefficient (Wildman–Crippen LogP) is 3.01. The maximum atomic E-state index is 13.0. The Bertz CT molecular complexity index is 959. The molecule has 3 aromatic carbocycles. The summed E-state index contributed by atoms with van der Waals surface area (Å²) in [7, 11) is 0. The molecule has 0 aliphatic carbocycles. The average Bonchev–Trinajstić information content (AvgIpc) is 2.74. The Kier molecular flexibility index (Phi) is 6.04. The van der Waals surface area contributed by atoms with Crippen LogP contribution in [-0.4, -0.2) is 18.4 Å². The van der Waals surface area contributed by atoms with Crippen LogP contribution in [0.3, 0.4) is 0 Å². The van der Waals surface area contributed by atoms with Gasteiger partial charge in [0.05, 0.1) is 0 Å². The van der Waals surface area contributed by atoms with Crippen molar-refractivity contribution in [1.82, 2.24) is 0 Å². The maximum Gasteiger partial charge on any atom is 0.258 e. The van der Waals surface area contributed by atoms with Gasteiger partial charge in [-0.3, -0.25) is 14.5 Å². The van der Waals surface area contributed by atoms with Crippen molar-refractivity contribution in [2.24, 2.45) is 5.73 Å². The van der Waals surface area contributed by atoms with Crippen LogP contribution in [0.5, 0.6) is 0 Å². The van der Waals surface area contributed by atoms with Crippen molar-refractivity contribution in [2.45, 2.75) is 6.54 Å². The summed E-state index contributed by atoms with van der Waals surface area (Å²) in [5.74, 6) is -0.567. The molecule has 0 radical (unpaired) electrons. The van der Waals surface area contributed by atoms with Crippen LogP contribution in [0.4, 0.5) is 17.1 Å². The normalized spacial score (nSPS) is 10.3. The van der Waals surface area contributed by atoms with E-state index in [1.165, 1.54) is 4.90 Å². The first-order valence-corrected chi connectivity index (χ1v) is 8.89. The van der Waals surface area contributed by atoms with Gasteiger partial charge in [-0.2, -0.15) is 0 Å². The molecule has 0 saturated heterocycles. The van der Waals surface area contributed by atoms with E-state index >= 15 is 0 Å². The molecule has 5 N–H and O–H groups in total. The molecule has 142 valence electrons. The summed E-state index contributed by atoms with van der Waals surface area (Å²) in [5.41, 5.74) is 14.6. The number of anilines is 3. The first-order chi connectivity index (χ1) is 13.6. The lowest BCUT2D eigenvalue weighted by Gasteiger charge is -2.22. The summed E-state index contributed by atoms with van der Waals surface area (Å²) in [6.45, 7) is 0.151. The number of rotatable bonds is 6. The van der Waals surface area contributed by atoms with Gasteiger partial charge in [-0.05, 0) is 48.0 Å². The van der Waals surface area contributed by atoms with Crippen molar-refractivity contribution in [3.63, 3.8) is 0 Å². The minimum atomic E-state index is -0.319. The zero-order chi connectivity index (χ0) is 19.9. The molecular formula is C22H22N4O2. The van der Waals surface area contributed by atoms with Crippen molar-refractivity contribution in [3.05, 3.63) is 90.0 Å². The van der Waals surface area contributed by atoms with Crippen LogP contribution in [0.15, 0.2) is 78.9 Å². The zero-order valence-corrected chi connectivity index (χ0v) is 15.3. The molecule has 0 atom stereocenters. The number of carbonyl (C=O) groups excluding carboxylic acids is 2. The van der Waals surface area contributed by atoms with Crippen LogP contribution >= 0.6 is 0 Å². The Morgan fingerprint density at radius 3 is 2.18 bits per heavy atom. The number of nitrogens with one attached hydrogen (secondary N) is 1. The first kappa shape index (κ1) is 19.1. The third kappa shape index (κ3) is 4.55. The highest BCUT2D eigenvalue weighted by atomic mass is 16.2. The lowest BCUT2D eigenvalue weighted by molar-refractivity contribution is -0.114. The fourth-order valence-electron chi connectivity index (χ4n) is 2.83. The van der Waals surface area contributed by atoms with E-state index in [-0.39, 0.29) is 24.9 Å². The molecule has 6 heteroatoms. The molecule has 0 fully saturated rings. The van der Waals surface area contributed by atoms with Crippen molar-refractivity contribution in [1.29, 1.82) is 0 Å². The van der Waals surface area contributed by atoms with Gasteiger partial charge in [-0.15, -0.1) is 0 Å². The number of nitrogens with zero attached hydrogens (tertiary/aromatic N) is 1. The minimum Gasteiger partial charge on any atom is -0.398 e. The molecule has 0 unspecified atom stereocenters. The molecule has 6 nitrogen and oxygen atoms in total. The number of carbonyl (C=O) groups is 2. The lowest BCUT2D eigenvalue weighted by Crippen LogP contribution is -2.38. The second kappa shape index (κ2) is 8.83. The average molecular weight is 374 g/mol. The molecule has 0 aliphatic rings. The van der Waals surface area contributed by atoms with Crippen LogP contribution < -0.4 is 21.7 Å². The molecule has 0 bridgehead atoms. The Morgan fingerprint density at radius 1 is 0.893 bits per heavy atom. The van der Waals surface area contributed by atoms with Gasteiger partial charge in [0.2, 0.25) is 5.91 Å². The molecule has 0 heterocycles. The fourth-order valence-corrected chi connectivity index (χ4v) is 2.83. The lowest BCUT2D eigenvalue weighted by atomic mass is 10.1. The fraction of sp³-hybridized carbons (Fsp3) is 0.0909. The van der Waals surface area contributed by atoms with Gasteiger partial charge in [-0.1, -0.05) is 36.4 Å². The van der Waals surface area contributed by atoms with E-state index in [1.807, 2.05) is 24.3 Å². The SMILES string of the molecule is NCc1cc(NC(=O)CN(C(=O)c2ccccc2)c2ccccc2)ccc1N. The van der Waals surface area contributed by atoms with Gasteiger partial charge in [-0.25, -0.2) is 0 Å². The Balaban J connectivity index is 1.81. The van der Waals surface area contributed by atoms with Crippen molar-refractivity contribution < 1.29 is 9.59 Å². The summed E-state index contributed by atoms with van der Waals surface area (Å²) in [5, 5.41) is 2.81. The monoisotopic (exact) mass is 374 g/mol. The highest BCUT2D eigenvalue weighted by Crippen LogP contribution is 2.19. The molecule has 28 heavy (non-hydrogen) atoms. The molecule has 0 aliphatic heterocycles. The second-order valence-corrected chi connectivity index (χ2v) is 6.26. The van der Waals surface area contributed by atoms with Crippen molar-refractivity contribution in [3.8, 4) is 0 Å². The summed E-state index contributed by atoms with van der Waals surface area (Å²) in [6, 6.07) is 23.1. The van der Waals surface area contributed by atoms with E-state index in [1.54, 1.807) is 54.6 Å². The van der Waals surface area contributed by atoms with Gasteiger partial charge in [0.15, 0.2) is 0 Å². The molecule has 3 rings (SSSR count). The van der Waals surface area contributed by atoms with Crippen LogP contribution in [0.2, 0.25) is 0 Å². The van der Waals surface area contributed by atoms with E-state index in [2.05, 4.69) is 5.32 Å². The molecule has 0 spiro atoms. The number of benzene rings is 3. The van der Waals surface area contributed by atoms with Crippen LogP contribution in [0, 0.1) is 0 Å². The zero-order valence-electron chi connectivity index (χ0n) is 15.3. The highest BCUT2D eigenvalue weighted by molar-refractivity contribution is 6.10. The number of nitrogens with two attached hydrogens (primary N) is 2. The van der Waals surface area contributed by atoms with E-state index in [0.29, 0.717) is 22.6 Å². The standard InChI is InChI=1S/C22H22N4O2/c23-14-17-13-18(11-12-20(17)24)25-21(27)15-26(19-9-5-2-6-10-19)22(28)16-7-3-1-4-8-16/h1-13H,14-15,23-24H2,(H,25,27). The van der Waals surface area contributed by atoms with E-state index in [0.717, 1.165) is 5.56 Å². The van der Waals surface area contributed by atoms with Gasteiger partial charge >= 0.3 is 0 Å². The smallest absolute Gasteiger partial charge is 0.258 e. The maximum absolute atomic E-state index is 13.0. The Labute approximate surface area is 163 Å². The molecule has 2 amide bonds. The third-order valence-corrected chi connectivity index (χ3v) is 4.28. The number of hydrogen-bond acceptors (Lipinski definition) is 4. The van der Waals surface area contributed by atoms with Crippen molar-refractivity contribution >= 4 is 28.9 Å². The quantitative estimate of drug-likeness (QED) is 0.577. The summed E-state index contributed by atoms with van der Waals surface area (Å²) >= 11 is 0. The summed E-state index contributed by atoms with van der Waals surface area (Å²) in [4.78, 5) is 27.1. The predicted molar refractivity (Wildman–Crippen MR) is 112 cm³/mol. The summed E-state index contributed by atoms with van der Waals surface area (Å²) in [6.07, 6.45) is 0. The topological polar surface area (TPSA) is 101 Å². The van der Waals surface area contributed by atoms with Crippen LogP contribution in [0.25, 0.3) is 0 Å². The molecule has 3 aromatic rings. The van der Waals surface area contributed by atoms with Gasteiger partial charge in [0.25, 0.3) is 5.91 Å². The number of amides is 2. The van der Waals surface area contributed by atoms with E-state index in [4.69, 9.17) is 11.5 Å². The third-order valence-electron chi connectivity index (χ3n) is 4.28. The van der Waals surface area contributed by atoms with Crippen LogP contribution in [0.1, 0.15) is 15.9 Å². The molecule has 0 saturated carbocycles. The van der Waals surface area contributed by atoms with E-state index < -0.39 is 0 Å². The first-order valence-electron chi connectivity index (χ1n) is 8.89. The minimum absolute atomic E-state index is 0.125. The van der Waals surface area contributed by atoms with Gasteiger partial charge in [0, 0.05) is 29.2 Å². The molecule has 0 aromatic heterocycles. The summed E-state index contributed by atoms with van der Waals surface area (Å²) < 4.78 is 0. The highest BCUT2D eigenvalue weighted by Gasteiger charge is 2.20. The Morgan fingerprint density at radius 2 is 1.54 bits per heavy atom.